The van der Waals surface area contributed by atoms with Crippen molar-refractivity contribution < 1.29 is 27.8 Å². The van der Waals surface area contributed by atoms with E-state index in [2.05, 4.69) is 10.6 Å². The number of carbonyl (C=O) groups excluding carboxylic acids is 1. The summed E-state index contributed by atoms with van der Waals surface area (Å²) in [7, 11) is 0. The Morgan fingerprint density at radius 2 is 2.04 bits per heavy atom. The molecule has 1 aromatic rings. The quantitative estimate of drug-likeness (QED) is 0.698. The van der Waals surface area contributed by atoms with Crippen LogP contribution < -0.4 is 10.6 Å². The lowest BCUT2D eigenvalue weighted by atomic mass is 10.1. The molecule has 128 valence electrons. The summed E-state index contributed by atoms with van der Waals surface area (Å²) < 4.78 is 44.8. The lowest BCUT2D eigenvalue weighted by molar-refractivity contribution is 0.104. The molecule has 5 nitrogen and oxygen atoms in total. The average Bonchev–Trinajstić information content (AvgIpc) is 3.03. The molecule has 0 spiro atoms. The second-order valence-corrected chi connectivity index (χ2v) is 5.36. The number of hydrogen-bond donors (Lipinski definition) is 3. The summed E-state index contributed by atoms with van der Waals surface area (Å²) in [6, 6.07) is -0.146. The molecular weight excluding hydrogens is 313 g/mol. The van der Waals surface area contributed by atoms with Crippen molar-refractivity contribution in [1.29, 1.82) is 0 Å². The van der Waals surface area contributed by atoms with Crippen LogP contribution >= 0.6 is 0 Å². The van der Waals surface area contributed by atoms with E-state index in [1.54, 1.807) is 0 Å². The fraction of sp³-hybridized carbons (Fsp3) is 0.533. The van der Waals surface area contributed by atoms with Crippen molar-refractivity contribution in [3.63, 3.8) is 0 Å². The van der Waals surface area contributed by atoms with Crippen LogP contribution in [0.5, 0.6) is 0 Å². The van der Waals surface area contributed by atoms with Crippen LogP contribution in [-0.4, -0.2) is 37.0 Å². The number of nitrogens with one attached hydrogen (secondary N) is 2. The van der Waals surface area contributed by atoms with Crippen LogP contribution in [0.2, 0.25) is 0 Å². The molecule has 2 rings (SSSR count). The molecule has 23 heavy (non-hydrogen) atoms. The van der Waals surface area contributed by atoms with Crippen LogP contribution in [0, 0.1) is 17.5 Å². The number of hydrogen-bond acceptors (Lipinski definition) is 3. The summed E-state index contributed by atoms with van der Waals surface area (Å²) in [5.74, 6) is -4.34. The van der Waals surface area contributed by atoms with Gasteiger partial charge < -0.3 is 20.5 Å². The number of amides is 2. The first-order valence-electron chi connectivity index (χ1n) is 7.42. The third-order valence-electron chi connectivity index (χ3n) is 3.67. The molecule has 8 heteroatoms. The largest absolute Gasteiger partial charge is 0.394 e. The first-order valence-corrected chi connectivity index (χ1v) is 7.42. The molecule has 1 aliphatic heterocycles. The predicted octanol–water partition coefficient (Wildman–Crippen LogP) is 2.01. The van der Waals surface area contributed by atoms with Gasteiger partial charge in [-0.1, -0.05) is 0 Å². The van der Waals surface area contributed by atoms with Gasteiger partial charge in [0.05, 0.1) is 18.8 Å². The normalized spacial score (nSPS) is 18.7. The molecule has 1 aromatic carbocycles. The third-order valence-corrected chi connectivity index (χ3v) is 3.67. The number of aliphatic hydroxyl groups is 1. The minimum absolute atomic E-state index is 0.0572. The maximum Gasteiger partial charge on any atom is 0.315 e. The van der Waals surface area contributed by atoms with E-state index in [-0.39, 0.29) is 11.7 Å². The Balaban J connectivity index is 1.87. The highest BCUT2D eigenvalue weighted by Crippen LogP contribution is 2.19. The maximum absolute atomic E-state index is 13.2. The second kappa shape index (κ2) is 8.16. The smallest absolute Gasteiger partial charge is 0.315 e. The Morgan fingerprint density at radius 1 is 1.35 bits per heavy atom. The molecule has 1 fully saturated rings. The van der Waals surface area contributed by atoms with E-state index in [1.807, 2.05) is 0 Å². The number of halogens is 3. The number of benzene rings is 1. The molecule has 2 unspecified atom stereocenters. The molecule has 0 aromatic heterocycles. The fourth-order valence-electron chi connectivity index (χ4n) is 2.44. The number of ether oxygens (including phenoxy) is 1. The van der Waals surface area contributed by atoms with Gasteiger partial charge in [0, 0.05) is 13.2 Å². The van der Waals surface area contributed by atoms with Crippen LogP contribution in [0.1, 0.15) is 30.9 Å². The molecular formula is C15H19F3N2O3. The zero-order valence-electron chi connectivity index (χ0n) is 12.4. The molecule has 3 N–H and O–H groups in total. The first-order chi connectivity index (χ1) is 11.0. The summed E-state index contributed by atoms with van der Waals surface area (Å²) >= 11 is 0. The van der Waals surface area contributed by atoms with Gasteiger partial charge in [-0.15, -0.1) is 0 Å². The van der Waals surface area contributed by atoms with E-state index >= 15 is 0 Å². The molecule has 0 aliphatic carbocycles. The van der Waals surface area contributed by atoms with E-state index in [0.717, 1.165) is 31.6 Å². The molecule has 0 radical (unpaired) electrons. The molecule has 0 bridgehead atoms. The van der Waals surface area contributed by atoms with E-state index < -0.39 is 36.1 Å². The van der Waals surface area contributed by atoms with Crippen molar-refractivity contribution >= 4 is 6.03 Å². The van der Waals surface area contributed by atoms with Gasteiger partial charge in [-0.05, 0) is 37.0 Å². The summed E-state index contributed by atoms with van der Waals surface area (Å²) in [6.45, 7) is 0.523. The zero-order chi connectivity index (χ0) is 16.8. The van der Waals surface area contributed by atoms with E-state index in [1.165, 1.54) is 0 Å². The maximum atomic E-state index is 13.2. The van der Waals surface area contributed by atoms with Crippen molar-refractivity contribution in [2.45, 2.75) is 31.4 Å². The van der Waals surface area contributed by atoms with Gasteiger partial charge >= 0.3 is 6.03 Å². The lowest BCUT2D eigenvalue weighted by Gasteiger charge is -2.18. The summed E-state index contributed by atoms with van der Waals surface area (Å²) in [6.07, 6.45) is 2.75. The van der Waals surface area contributed by atoms with Gasteiger partial charge in [0.15, 0.2) is 17.5 Å². The minimum Gasteiger partial charge on any atom is -0.394 e. The lowest BCUT2D eigenvalue weighted by Crippen LogP contribution is -2.40. The number of carbonyl (C=O) groups is 1. The van der Waals surface area contributed by atoms with Crippen LogP contribution in [0.3, 0.4) is 0 Å². The van der Waals surface area contributed by atoms with Crippen molar-refractivity contribution in [2.75, 3.05) is 19.8 Å². The van der Waals surface area contributed by atoms with Gasteiger partial charge in [-0.2, -0.15) is 0 Å². The molecule has 0 saturated carbocycles. The molecule has 1 aliphatic rings. The van der Waals surface area contributed by atoms with Crippen LogP contribution in [-0.2, 0) is 4.74 Å². The van der Waals surface area contributed by atoms with E-state index in [4.69, 9.17) is 4.74 Å². The third kappa shape index (κ3) is 4.84. The fourth-order valence-corrected chi connectivity index (χ4v) is 2.44. The standard InChI is InChI=1S/C15H19F3N2O3/c16-11-6-9(7-12(17)14(11)18)13(8-21)20-15(22)19-4-3-10-2-1-5-23-10/h6-7,10,13,21H,1-5,8H2,(H2,19,20,22). The van der Waals surface area contributed by atoms with Gasteiger partial charge in [0.1, 0.15) is 0 Å². The van der Waals surface area contributed by atoms with Crippen LogP contribution in [0.25, 0.3) is 0 Å². The highest BCUT2D eigenvalue weighted by Gasteiger charge is 2.19. The molecule has 1 saturated heterocycles. The Kier molecular flexibility index (Phi) is 6.23. The van der Waals surface area contributed by atoms with Crippen molar-refractivity contribution in [2.24, 2.45) is 0 Å². The first kappa shape index (κ1) is 17.6. The Bertz CT molecular complexity index is 528. The van der Waals surface area contributed by atoms with Gasteiger partial charge in [0.2, 0.25) is 0 Å². The number of rotatable bonds is 6. The summed E-state index contributed by atoms with van der Waals surface area (Å²) in [5.41, 5.74) is -0.0572. The Hall–Kier alpha value is -1.80. The zero-order valence-corrected chi connectivity index (χ0v) is 12.4. The highest BCUT2D eigenvalue weighted by molar-refractivity contribution is 5.74. The van der Waals surface area contributed by atoms with Crippen molar-refractivity contribution in [1.82, 2.24) is 10.6 Å². The van der Waals surface area contributed by atoms with Crippen LogP contribution in [0.15, 0.2) is 12.1 Å². The van der Waals surface area contributed by atoms with Crippen molar-refractivity contribution in [3.05, 3.63) is 35.1 Å². The van der Waals surface area contributed by atoms with Gasteiger partial charge in [-0.25, -0.2) is 18.0 Å². The summed E-state index contributed by atoms with van der Waals surface area (Å²) in [5, 5.41) is 14.2. The van der Waals surface area contributed by atoms with Crippen molar-refractivity contribution in [3.8, 4) is 0 Å². The second-order valence-electron chi connectivity index (χ2n) is 5.36. The van der Waals surface area contributed by atoms with Gasteiger partial charge in [0.25, 0.3) is 0 Å². The van der Waals surface area contributed by atoms with Crippen LogP contribution in [0.4, 0.5) is 18.0 Å². The number of urea groups is 1. The predicted molar refractivity (Wildman–Crippen MR) is 76.3 cm³/mol. The van der Waals surface area contributed by atoms with Gasteiger partial charge in [-0.3, -0.25) is 0 Å². The highest BCUT2D eigenvalue weighted by atomic mass is 19.2. The minimum atomic E-state index is -1.59. The van der Waals surface area contributed by atoms with E-state index in [0.29, 0.717) is 13.0 Å². The Morgan fingerprint density at radius 3 is 2.61 bits per heavy atom. The summed E-state index contributed by atoms with van der Waals surface area (Å²) in [4.78, 5) is 11.8. The number of aliphatic hydroxyl groups excluding tert-OH is 1. The van der Waals surface area contributed by atoms with E-state index in [9.17, 15) is 23.1 Å². The molecule has 2 amide bonds. The average molecular weight is 332 g/mol. The molecule has 2 atom stereocenters. The Labute approximate surface area is 131 Å². The molecule has 1 heterocycles. The topological polar surface area (TPSA) is 70.6 Å². The SMILES string of the molecule is O=C(NCCC1CCCO1)NC(CO)c1cc(F)c(F)c(F)c1. The monoisotopic (exact) mass is 332 g/mol.